The van der Waals surface area contributed by atoms with Gasteiger partial charge in [-0.15, -0.1) is 0 Å². The molecule has 0 radical (unpaired) electrons. The van der Waals surface area contributed by atoms with Gasteiger partial charge in [-0.3, -0.25) is 4.79 Å². The molecule has 17 heavy (non-hydrogen) atoms. The Hall–Kier alpha value is -1.59. The zero-order chi connectivity index (χ0) is 12.5. The van der Waals surface area contributed by atoms with Gasteiger partial charge in [-0.25, -0.2) is 0 Å². The van der Waals surface area contributed by atoms with Crippen LogP contribution in [0.4, 0.5) is 0 Å². The number of primary amides is 1. The lowest BCUT2D eigenvalue weighted by Gasteiger charge is -2.06. The van der Waals surface area contributed by atoms with E-state index in [1.54, 1.807) is 12.1 Å². The molecule has 0 fully saturated rings. The van der Waals surface area contributed by atoms with E-state index in [4.69, 9.17) is 15.6 Å². The van der Waals surface area contributed by atoms with Crippen LogP contribution in [-0.2, 0) is 11.3 Å². The number of carbonyl (C=O) groups excluding carboxylic acids is 1. The highest BCUT2D eigenvalue weighted by Gasteiger charge is 1.98. The standard InChI is InChI=1S/C12H18N2O3/c13-12(16)9-17-11-4-2-10(3-5-11)8-14-6-1-7-15/h2-5,14-15H,1,6-9H2,(H2,13,16). The van der Waals surface area contributed by atoms with Crippen molar-refractivity contribution in [3.8, 4) is 5.75 Å². The molecule has 0 aliphatic rings. The van der Waals surface area contributed by atoms with Crippen LogP contribution in [0.25, 0.3) is 0 Å². The highest BCUT2D eigenvalue weighted by Crippen LogP contribution is 2.11. The van der Waals surface area contributed by atoms with E-state index in [0.29, 0.717) is 5.75 Å². The van der Waals surface area contributed by atoms with E-state index in [1.807, 2.05) is 12.1 Å². The minimum absolute atomic E-state index is 0.103. The van der Waals surface area contributed by atoms with E-state index in [2.05, 4.69) is 5.32 Å². The molecule has 0 aliphatic heterocycles. The Bertz CT molecular complexity index is 338. The maximum atomic E-state index is 10.5. The molecule has 5 nitrogen and oxygen atoms in total. The molecule has 0 saturated heterocycles. The molecule has 0 bridgehead atoms. The minimum atomic E-state index is -0.486. The molecule has 0 atom stereocenters. The van der Waals surface area contributed by atoms with Gasteiger partial charge in [-0.05, 0) is 30.7 Å². The zero-order valence-corrected chi connectivity index (χ0v) is 9.69. The van der Waals surface area contributed by atoms with Crippen LogP contribution in [0.5, 0.6) is 5.75 Å². The number of aliphatic hydroxyl groups excluding tert-OH is 1. The van der Waals surface area contributed by atoms with Crippen molar-refractivity contribution in [2.45, 2.75) is 13.0 Å². The Labute approximate surface area is 101 Å². The zero-order valence-electron chi connectivity index (χ0n) is 9.69. The molecule has 4 N–H and O–H groups in total. The van der Waals surface area contributed by atoms with Gasteiger partial charge >= 0.3 is 0 Å². The molecule has 0 saturated carbocycles. The Kier molecular flexibility index (Phi) is 6.06. The summed E-state index contributed by atoms with van der Waals surface area (Å²) in [5, 5.41) is 11.8. The molecule has 0 aliphatic carbocycles. The molecule has 0 unspecified atom stereocenters. The summed E-state index contributed by atoms with van der Waals surface area (Å²) in [4.78, 5) is 10.5. The van der Waals surface area contributed by atoms with Crippen molar-refractivity contribution in [3.05, 3.63) is 29.8 Å². The van der Waals surface area contributed by atoms with Gasteiger partial charge in [0.05, 0.1) is 0 Å². The monoisotopic (exact) mass is 238 g/mol. The van der Waals surface area contributed by atoms with E-state index in [1.165, 1.54) is 0 Å². The summed E-state index contributed by atoms with van der Waals surface area (Å²) in [5.74, 6) is 0.141. The van der Waals surface area contributed by atoms with Gasteiger partial charge in [-0.2, -0.15) is 0 Å². The summed E-state index contributed by atoms with van der Waals surface area (Å²) in [6, 6.07) is 7.43. The average molecular weight is 238 g/mol. The van der Waals surface area contributed by atoms with Crippen LogP contribution >= 0.6 is 0 Å². The van der Waals surface area contributed by atoms with E-state index in [9.17, 15) is 4.79 Å². The van der Waals surface area contributed by atoms with Gasteiger partial charge in [0, 0.05) is 13.2 Å². The number of rotatable bonds is 8. The number of benzene rings is 1. The molecule has 1 amide bonds. The second-order valence-corrected chi connectivity index (χ2v) is 3.65. The summed E-state index contributed by atoms with van der Waals surface area (Å²) < 4.78 is 5.14. The van der Waals surface area contributed by atoms with Gasteiger partial charge in [-0.1, -0.05) is 12.1 Å². The molecular weight excluding hydrogens is 220 g/mol. The maximum absolute atomic E-state index is 10.5. The Morgan fingerprint density at radius 3 is 2.65 bits per heavy atom. The Morgan fingerprint density at radius 2 is 2.06 bits per heavy atom. The maximum Gasteiger partial charge on any atom is 0.255 e. The second-order valence-electron chi connectivity index (χ2n) is 3.65. The third kappa shape index (κ3) is 5.89. The van der Waals surface area contributed by atoms with Crippen molar-refractivity contribution in [1.82, 2.24) is 5.32 Å². The predicted molar refractivity (Wildman–Crippen MR) is 64.5 cm³/mol. The first-order valence-corrected chi connectivity index (χ1v) is 5.54. The molecule has 0 spiro atoms. The number of hydrogen-bond donors (Lipinski definition) is 3. The summed E-state index contributed by atoms with van der Waals surface area (Å²) in [6.45, 7) is 1.63. The molecule has 0 heterocycles. The van der Waals surface area contributed by atoms with Gasteiger partial charge in [0.2, 0.25) is 0 Å². The van der Waals surface area contributed by atoms with Gasteiger partial charge < -0.3 is 20.9 Å². The number of aliphatic hydroxyl groups is 1. The lowest BCUT2D eigenvalue weighted by molar-refractivity contribution is -0.119. The summed E-state index contributed by atoms with van der Waals surface area (Å²) in [5.41, 5.74) is 6.09. The number of hydrogen-bond acceptors (Lipinski definition) is 4. The van der Waals surface area contributed by atoms with Crippen molar-refractivity contribution < 1.29 is 14.6 Å². The molecule has 1 aromatic carbocycles. The van der Waals surface area contributed by atoms with Crippen molar-refractivity contribution in [2.24, 2.45) is 5.73 Å². The molecule has 0 aromatic heterocycles. The van der Waals surface area contributed by atoms with E-state index in [0.717, 1.165) is 25.1 Å². The number of nitrogens with one attached hydrogen (secondary N) is 1. The third-order valence-electron chi connectivity index (χ3n) is 2.15. The van der Waals surface area contributed by atoms with Crippen molar-refractivity contribution >= 4 is 5.91 Å². The largest absolute Gasteiger partial charge is 0.484 e. The molecule has 1 rings (SSSR count). The fourth-order valence-corrected chi connectivity index (χ4v) is 1.29. The fraction of sp³-hybridized carbons (Fsp3) is 0.417. The highest BCUT2D eigenvalue weighted by molar-refractivity contribution is 5.75. The molecule has 94 valence electrons. The fourth-order valence-electron chi connectivity index (χ4n) is 1.29. The van der Waals surface area contributed by atoms with Crippen molar-refractivity contribution in [3.63, 3.8) is 0 Å². The van der Waals surface area contributed by atoms with E-state index in [-0.39, 0.29) is 13.2 Å². The Morgan fingerprint density at radius 1 is 1.35 bits per heavy atom. The topological polar surface area (TPSA) is 84.6 Å². The average Bonchev–Trinajstić information content (AvgIpc) is 2.33. The summed E-state index contributed by atoms with van der Waals surface area (Å²) in [7, 11) is 0. The van der Waals surface area contributed by atoms with E-state index >= 15 is 0 Å². The quantitative estimate of drug-likeness (QED) is 0.557. The lowest BCUT2D eigenvalue weighted by atomic mass is 10.2. The number of carbonyl (C=O) groups is 1. The van der Waals surface area contributed by atoms with Crippen LogP contribution in [0.3, 0.4) is 0 Å². The van der Waals surface area contributed by atoms with Crippen LogP contribution in [0.15, 0.2) is 24.3 Å². The highest BCUT2D eigenvalue weighted by atomic mass is 16.5. The smallest absolute Gasteiger partial charge is 0.255 e. The molecule has 1 aromatic rings. The molecule has 5 heteroatoms. The van der Waals surface area contributed by atoms with Crippen LogP contribution in [0.2, 0.25) is 0 Å². The first kappa shape index (κ1) is 13.5. The first-order chi connectivity index (χ1) is 8.22. The first-order valence-electron chi connectivity index (χ1n) is 5.54. The number of nitrogens with two attached hydrogens (primary N) is 1. The SMILES string of the molecule is NC(=O)COc1ccc(CNCCCO)cc1. The van der Waals surface area contributed by atoms with Crippen LogP contribution in [0.1, 0.15) is 12.0 Å². The minimum Gasteiger partial charge on any atom is -0.484 e. The third-order valence-corrected chi connectivity index (χ3v) is 2.15. The van der Waals surface area contributed by atoms with Crippen LogP contribution < -0.4 is 15.8 Å². The second kappa shape index (κ2) is 7.65. The number of amides is 1. The summed E-state index contributed by atoms with van der Waals surface area (Å²) in [6.07, 6.45) is 0.750. The lowest BCUT2D eigenvalue weighted by Crippen LogP contribution is -2.20. The molecular formula is C12H18N2O3. The normalized spacial score (nSPS) is 10.2. The van der Waals surface area contributed by atoms with Crippen molar-refractivity contribution in [2.75, 3.05) is 19.8 Å². The van der Waals surface area contributed by atoms with Gasteiger partial charge in [0.1, 0.15) is 5.75 Å². The van der Waals surface area contributed by atoms with Crippen LogP contribution in [-0.4, -0.2) is 30.8 Å². The predicted octanol–water partition coefficient (Wildman–Crippen LogP) is 0.0227. The Balaban J connectivity index is 2.31. The van der Waals surface area contributed by atoms with Crippen LogP contribution in [0, 0.1) is 0 Å². The van der Waals surface area contributed by atoms with E-state index < -0.39 is 5.91 Å². The van der Waals surface area contributed by atoms with Gasteiger partial charge in [0.15, 0.2) is 6.61 Å². The number of ether oxygens (including phenoxy) is 1. The van der Waals surface area contributed by atoms with Crippen molar-refractivity contribution in [1.29, 1.82) is 0 Å². The summed E-state index contributed by atoms with van der Waals surface area (Å²) >= 11 is 0. The van der Waals surface area contributed by atoms with Gasteiger partial charge in [0.25, 0.3) is 5.91 Å².